The van der Waals surface area contributed by atoms with Crippen molar-refractivity contribution in [2.75, 3.05) is 25.3 Å². The van der Waals surface area contributed by atoms with Gasteiger partial charge in [-0.25, -0.2) is 9.97 Å². The summed E-state index contributed by atoms with van der Waals surface area (Å²) in [6.07, 6.45) is 1.33. The van der Waals surface area contributed by atoms with Crippen LogP contribution in [0.15, 0.2) is 23.8 Å². The summed E-state index contributed by atoms with van der Waals surface area (Å²) in [5.41, 5.74) is 7.13. The summed E-state index contributed by atoms with van der Waals surface area (Å²) >= 11 is 7.43. The molecule has 0 radical (unpaired) electrons. The number of nitrogens with two attached hydrogens (primary N) is 1. The van der Waals surface area contributed by atoms with Crippen LogP contribution in [0.1, 0.15) is 10.4 Å². The van der Waals surface area contributed by atoms with Crippen molar-refractivity contribution in [2.24, 2.45) is 0 Å². The minimum Gasteiger partial charge on any atom is -0.495 e. The molecule has 0 aliphatic carbocycles. The largest absolute Gasteiger partial charge is 0.495 e. The maximum atomic E-state index is 12.6. The van der Waals surface area contributed by atoms with Gasteiger partial charge in [0, 0.05) is 11.4 Å². The number of halogens is 1. The molecule has 2 aromatic heterocycles. The zero-order valence-corrected chi connectivity index (χ0v) is 14.4. The Morgan fingerprint density at radius 2 is 2.00 bits per heavy atom. The van der Waals surface area contributed by atoms with Crippen molar-refractivity contribution in [1.29, 1.82) is 0 Å². The minimum atomic E-state index is -0.348. The number of thiophene rings is 1. The summed E-state index contributed by atoms with van der Waals surface area (Å²) in [5.74, 6) is 0.874. The third-order valence-corrected chi connectivity index (χ3v) is 4.63. The third-order valence-electron chi connectivity index (χ3n) is 3.35. The number of benzene rings is 1. The summed E-state index contributed by atoms with van der Waals surface area (Å²) in [6.45, 7) is 0. The first-order chi connectivity index (χ1) is 11.5. The molecule has 24 heavy (non-hydrogen) atoms. The number of ether oxygens (including phenoxy) is 2. The highest BCUT2D eigenvalue weighted by Gasteiger charge is 2.18. The number of rotatable bonds is 4. The summed E-state index contributed by atoms with van der Waals surface area (Å²) in [7, 11) is 2.99. The van der Waals surface area contributed by atoms with E-state index in [0.29, 0.717) is 43.8 Å². The predicted molar refractivity (Wildman–Crippen MR) is 94.3 cm³/mol. The number of aromatic nitrogens is 2. The highest BCUT2D eigenvalue weighted by atomic mass is 35.5. The first kappa shape index (κ1) is 16.3. The van der Waals surface area contributed by atoms with Gasteiger partial charge in [0.1, 0.15) is 23.6 Å². The quantitative estimate of drug-likeness (QED) is 0.737. The Morgan fingerprint density at radius 3 is 2.71 bits per heavy atom. The number of carbonyl (C=O) groups excluding carboxylic acids is 1. The molecule has 0 fully saturated rings. The molecular formula is C15H13ClN4O3S. The number of anilines is 2. The van der Waals surface area contributed by atoms with E-state index in [9.17, 15) is 4.79 Å². The van der Waals surface area contributed by atoms with E-state index in [-0.39, 0.29) is 5.91 Å². The van der Waals surface area contributed by atoms with Crippen LogP contribution >= 0.6 is 22.9 Å². The molecule has 0 saturated carbocycles. The molecule has 0 atom stereocenters. The first-order valence-corrected chi connectivity index (χ1v) is 8.01. The first-order valence-electron chi connectivity index (χ1n) is 6.75. The molecule has 1 aromatic carbocycles. The van der Waals surface area contributed by atoms with Crippen molar-refractivity contribution in [3.63, 3.8) is 0 Å². The van der Waals surface area contributed by atoms with E-state index < -0.39 is 0 Å². The number of methoxy groups -OCH3 is 2. The van der Waals surface area contributed by atoms with E-state index in [1.165, 1.54) is 31.9 Å². The number of hydrogen-bond acceptors (Lipinski definition) is 7. The lowest BCUT2D eigenvalue weighted by molar-refractivity contribution is 0.102. The van der Waals surface area contributed by atoms with Gasteiger partial charge in [0.05, 0.1) is 40.7 Å². The fourth-order valence-corrected chi connectivity index (χ4v) is 3.32. The lowest BCUT2D eigenvalue weighted by Crippen LogP contribution is -2.12. The van der Waals surface area contributed by atoms with Crippen LogP contribution in [0, 0.1) is 0 Å². The minimum absolute atomic E-state index is 0.342. The fraction of sp³-hybridized carbons (Fsp3) is 0.133. The zero-order valence-electron chi connectivity index (χ0n) is 12.8. The number of nitrogen functional groups attached to an aromatic ring is 1. The van der Waals surface area contributed by atoms with Gasteiger partial charge in [0.2, 0.25) is 0 Å². The smallest absolute Gasteiger partial charge is 0.258 e. The second-order valence-corrected chi connectivity index (χ2v) is 6.01. The molecule has 7 nitrogen and oxygen atoms in total. The summed E-state index contributed by atoms with van der Waals surface area (Å²) in [6, 6.07) is 3.17. The maximum Gasteiger partial charge on any atom is 0.258 e. The number of fused-ring (bicyclic) bond motifs is 1. The molecule has 0 spiro atoms. The number of carbonyl (C=O) groups is 1. The second kappa shape index (κ2) is 6.50. The molecule has 3 aromatic rings. The Balaban J connectivity index is 1.97. The van der Waals surface area contributed by atoms with E-state index in [2.05, 4.69) is 15.3 Å². The third kappa shape index (κ3) is 2.81. The molecule has 2 heterocycles. The number of hydrogen-bond donors (Lipinski definition) is 2. The van der Waals surface area contributed by atoms with Crippen molar-refractivity contribution >= 4 is 50.6 Å². The van der Waals surface area contributed by atoms with Crippen molar-refractivity contribution in [1.82, 2.24) is 9.97 Å². The van der Waals surface area contributed by atoms with Gasteiger partial charge in [-0.2, -0.15) is 0 Å². The van der Waals surface area contributed by atoms with Gasteiger partial charge in [-0.3, -0.25) is 4.79 Å². The van der Waals surface area contributed by atoms with E-state index in [1.807, 2.05) is 0 Å². The van der Waals surface area contributed by atoms with Gasteiger partial charge in [-0.05, 0) is 6.07 Å². The van der Waals surface area contributed by atoms with Gasteiger partial charge >= 0.3 is 0 Å². The standard InChI is InChI=1S/C15H13ClN4O3S/c1-22-10-4-11(23-2)9(3-8(10)16)20-15(21)7-5-24-13-12(7)18-6-19-14(13)17/h3-6H,1-2H3,(H,20,21)(H2,17,18,19). The monoisotopic (exact) mass is 364 g/mol. The molecule has 3 N–H and O–H groups in total. The highest BCUT2D eigenvalue weighted by Crippen LogP contribution is 2.36. The van der Waals surface area contributed by atoms with E-state index in [4.69, 9.17) is 26.8 Å². The highest BCUT2D eigenvalue weighted by molar-refractivity contribution is 7.18. The Bertz CT molecular complexity index is 928. The Hall–Kier alpha value is -2.58. The SMILES string of the molecule is COc1cc(OC)c(NC(=O)c2csc3c(N)ncnc23)cc1Cl. The van der Waals surface area contributed by atoms with Gasteiger partial charge in [-0.1, -0.05) is 11.6 Å². The topological polar surface area (TPSA) is 99.4 Å². The average Bonchev–Trinajstić information content (AvgIpc) is 3.00. The second-order valence-electron chi connectivity index (χ2n) is 4.73. The summed E-state index contributed by atoms with van der Waals surface area (Å²) in [4.78, 5) is 20.6. The van der Waals surface area contributed by atoms with Crippen molar-refractivity contribution < 1.29 is 14.3 Å². The van der Waals surface area contributed by atoms with E-state index >= 15 is 0 Å². The average molecular weight is 365 g/mol. The maximum absolute atomic E-state index is 12.6. The van der Waals surface area contributed by atoms with Gasteiger partial charge in [0.25, 0.3) is 5.91 Å². The lowest BCUT2D eigenvalue weighted by Gasteiger charge is -2.12. The van der Waals surface area contributed by atoms with Crippen LogP contribution in [0.4, 0.5) is 11.5 Å². The van der Waals surface area contributed by atoms with Gasteiger partial charge in [-0.15, -0.1) is 11.3 Å². The van der Waals surface area contributed by atoms with Crippen LogP contribution in [-0.4, -0.2) is 30.1 Å². The van der Waals surface area contributed by atoms with Crippen LogP contribution in [0.5, 0.6) is 11.5 Å². The lowest BCUT2D eigenvalue weighted by atomic mass is 10.2. The molecule has 124 valence electrons. The number of amides is 1. The van der Waals surface area contributed by atoms with E-state index in [0.717, 1.165) is 0 Å². The normalized spacial score (nSPS) is 10.6. The van der Waals surface area contributed by atoms with Crippen LogP contribution in [0.2, 0.25) is 5.02 Å². The van der Waals surface area contributed by atoms with Crippen LogP contribution in [0.25, 0.3) is 10.2 Å². The summed E-state index contributed by atoms with van der Waals surface area (Å²) < 4.78 is 11.1. The van der Waals surface area contributed by atoms with Crippen molar-refractivity contribution in [3.8, 4) is 11.5 Å². The molecule has 9 heteroatoms. The molecule has 0 aliphatic heterocycles. The Morgan fingerprint density at radius 1 is 1.25 bits per heavy atom. The fourth-order valence-electron chi connectivity index (χ4n) is 2.18. The summed E-state index contributed by atoms with van der Waals surface area (Å²) in [5, 5.41) is 4.81. The Labute approximate surface area is 146 Å². The zero-order chi connectivity index (χ0) is 17.3. The van der Waals surface area contributed by atoms with E-state index in [1.54, 1.807) is 17.5 Å². The predicted octanol–water partition coefficient (Wildman–Crippen LogP) is 3.20. The number of nitrogens with one attached hydrogen (secondary N) is 1. The van der Waals surface area contributed by atoms with Crippen molar-refractivity contribution in [3.05, 3.63) is 34.4 Å². The van der Waals surface area contributed by atoms with Crippen LogP contribution in [0.3, 0.4) is 0 Å². The number of nitrogens with zero attached hydrogens (tertiary/aromatic N) is 2. The van der Waals surface area contributed by atoms with Crippen LogP contribution in [-0.2, 0) is 0 Å². The molecule has 0 aliphatic rings. The van der Waals surface area contributed by atoms with Gasteiger partial charge < -0.3 is 20.5 Å². The van der Waals surface area contributed by atoms with Crippen LogP contribution < -0.4 is 20.5 Å². The van der Waals surface area contributed by atoms with Crippen molar-refractivity contribution in [2.45, 2.75) is 0 Å². The molecule has 1 amide bonds. The van der Waals surface area contributed by atoms with Gasteiger partial charge in [0.15, 0.2) is 0 Å². The Kier molecular flexibility index (Phi) is 4.41. The molecule has 3 rings (SSSR count). The molecular weight excluding hydrogens is 352 g/mol. The molecule has 0 unspecified atom stereocenters. The molecule has 0 saturated heterocycles. The molecule has 0 bridgehead atoms.